The van der Waals surface area contributed by atoms with E-state index in [4.69, 9.17) is 9.84 Å². The summed E-state index contributed by atoms with van der Waals surface area (Å²) in [6, 6.07) is 15.6. The van der Waals surface area contributed by atoms with Gasteiger partial charge in [-0.3, -0.25) is 19.3 Å². The van der Waals surface area contributed by atoms with Gasteiger partial charge in [-0.05, 0) is 24.1 Å². The van der Waals surface area contributed by atoms with Gasteiger partial charge in [-0.1, -0.05) is 36.4 Å². The molecular weight excluding hydrogens is 418 g/mol. The van der Waals surface area contributed by atoms with E-state index in [1.165, 1.54) is 5.56 Å². The van der Waals surface area contributed by atoms with Crippen molar-refractivity contribution in [3.8, 4) is 0 Å². The van der Waals surface area contributed by atoms with Gasteiger partial charge in [-0.15, -0.1) is 0 Å². The Morgan fingerprint density at radius 3 is 2.45 bits per heavy atom. The van der Waals surface area contributed by atoms with Gasteiger partial charge in [0, 0.05) is 50.1 Å². The van der Waals surface area contributed by atoms with Crippen LogP contribution in [-0.4, -0.2) is 69.2 Å². The lowest BCUT2D eigenvalue weighted by atomic mass is 10.0. The van der Waals surface area contributed by atoms with Crippen LogP contribution in [0.1, 0.15) is 37.8 Å². The highest BCUT2D eigenvalue weighted by molar-refractivity contribution is 5.95. The topological polar surface area (TPSA) is 80.6 Å². The van der Waals surface area contributed by atoms with Gasteiger partial charge in [-0.25, -0.2) is 0 Å². The molecular formula is C25H27N5O3. The van der Waals surface area contributed by atoms with Crippen molar-refractivity contribution in [1.29, 1.82) is 0 Å². The Kier molecular flexibility index (Phi) is 6.17. The number of aromatic nitrogens is 3. The molecule has 2 aliphatic heterocycles. The maximum Gasteiger partial charge on any atom is 0.274 e. The van der Waals surface area contributed by atoms with Crippen LogP contribution in [0.4, 0.5) is 0 Å². The Morgan fingerprint density at radius 1 is 0.909 bits per heavy atom. The summed E-state index contributed by atoms with van der Waals surface area (Å²) in [7, 11) is 0. The number of morpholine rings is 1. The molecule has 1 fully saturated rings. The van der Waals surface area contributed by atoms with Crippen molar-refractivity contribution >= 4 is 11.8 Å². The number of carbonyl (C=O) groups is 2. The minimum atomic E-state index is -0.122. The first-order chi connectivity index (χ1) is 16.2. The summed E-state index contributed by atoms with van der Waals surface area (Å²) in [5.74, 6) is -0.205. The van der Waals surface area contributed by atoms with Gasteiger partial charge in [-0.2, -0.15) is 5.10 Å². The van der Waals surface area contributed by atoms with Crippen LogP contribution in [0.2, 0.25) is 0 Å². The summed E-state index contributed by atoms with van der Waals surface area (Å²) in [6.07, 6.45) is 3.11. The molecule has 5 rings (SSSR count). The minimum absolute atomic E-state index is 0.0832. The fourth-order valence-corrected chi connectivity index (χ4v) is 4.47. The zero-order valence-corrected chi connectivity index (χ0v) is 18.5. The third-order valence-electron chi connectivity index (χ3n) is 6.26. The number of pyridine rings is 1. The highest BCUT2D eigenvalue weighted by Crippen LogP contribution is 2.25. The molecule has 8 heteroatoms. The summed E-state index contributed by atoms with van der Waals surface area (Å²) in [5.41, 5.74) is 4.00. The Balaban J connectivity index is 1.43. The summed E-state index contributed by atoms with van der Waals surface area (Å²) in [5, 5.41) is 4.78. The number of fused-ring (bicyclic) bond motifs is 1. The van der Waals surface area contributed by atoms with Crippen LogP contribution >= 0.6 is 0 Å². The summed E-state index contributed by atoms with van der Waals surface area (Å²) < 4.78 is 7.38. The molecule has 170 valence electrons. The van der Waals surface area contributed by atoms with Crippen LogP contribution in [0.3, 0.4) is 0 Å². The van der Waals surface area contributed by atoms with E-state index in [0.29, 0.717) is 63.7 Å². The molecule has 8 nitrogen and oxygen atoms in total. The molecule has 0 spiro atoms. The third kappa shape index (κ3) is 4.52. The molecule has 0 bridgehead atoms. The number of hydrogen-bond acceptors (Lipinski definition) is 5. The summed E-state index contributed by atoms with van der Waals surface area (Å²) >= 11 is 0. The predicted octanol–water partition coefficient (Wildman–Crippen LogP) is 2.19. The molecule has 2 amide bonds. The molecule has 0 radical (unpaired) electrons. The standard InChI is InChI=1S/C25H27N5O3/c31-24(21-8-4-5-11-26-21)29-12-10-22-20(18-29)23(25(32)28-14-16-33-17-15-28)27-30(22)13-9-19-6-2-1-3-7-19/h1-8,11H,9-10,12-18H2. The SMILES string of the molecule is O=C(c1ccccn1)N1CCc2c(c(C(=O)N3CCOCC3)nn2CCc2ccccc2)C1. The molecule has 4 heterocycles. The van der Waals surface area contributed by atoms with Crippen LogP contribution in [0.5, 0.6) is 0 Å². The van der Waals surface area contributed by atoms with Crippen molar-refractivity contribution in [3.63, 3.8) is 0 Å². The smallest absolute Gasteiger partial charge is 0.274 e. The van der Waals surface area contributed by atoms with Crippen LogP contribution in [0.25, 0.3) is 0 Å². The first-order valence-electron chi connectivity index (χ1n) is 11.4. The number of amides is 2. The van der Waals surface area contributed by atoms with Crippen molar-refractivity contribution in [3.05, 3.63) is 82.9 Å². The molecule has 2 aromatic heterocycles. The van der Waals surface area contributed by atoms with Crippen LogP contribution in [0, 0.1) is 0 Å². The number of ether oxygens (including phenoxy) is 1. The van der Waals surface area contributed by atoms with E-state index >= 15 is 0 Å². The van der Waals surface area contributed by atoms with Gasteiger partial charge >= 0.3 is 0 Å². The zero-order valence-electron chi connectivity index (χ0n) is 18.5. The lowest BCUT2D eigenvalue weighted by Crippen LogP contribution is -2.42. The largest absolute Gasteiger partial charge is 0.378 e. The van der Waals surface area contributed by atoms with Gasteiger partial charge in [0.1, 0.15) is 5.69 Å². The molecule has 0 aliphatic carbocycles. The van der Waals surface area contributed by atoms with Gasteiger partial charge in [0.25, 0.3) is 11.8 Å². The molecule has 0 atom stereocenters. The van der Waals surface area contributed by atoms with Crippen molar-refractivity contribution in [2.24, 2.45) is 0 Å². The van der Waals surface area contributed by atoms with Crippen LogP contribution in [-0.2, 0) is 30.7 Å². The fraction of sp³-hybridized carbons (Fsp3) is 0.360. The van der Waals surface area contributed by atoms with Crippen molar-refractivity contribution in [1.82, 2.24) is 24.6 Å². The zero-order chi connectivity index (χ0) is 22.6. The Labute approximate surface area is 192 Å². The molecule has 0 unspecified atom stereocenters. The van der Waals surface area contributed by atoms with E-state index in [2.05, 4.69) is 17.1 Å². The maximum atomic E-state index is 13.4. The molecule has 33 heavy (non-hydrogen) atoms. The Morgan fingerprint density at radius 2 is 1.70 bits per heavy atom. The minimum Gasteiger partial charge on any atom is -0.378 e. The number of hydrogen-bond donors (Lipinski definition) is 0. The van der Waals surface area contributed by atoms with Crippen molar-refractivity contribution < 1.29 is 14.3 Å². The van der Waals surface area contributed by atoms with E-state index < -0.39 is 0 Å². The number of benzene rings is 1. The van der Waals surface area contributed by atoms with Crippen LogP contribution < -0.4 is 0 Å². The van der Waals surface area contributed by atoms with Gasteiger partial charge in [0.2, 0.25) is 0 Å². The molecule has 2 aliphatic rings. The average molecular weight is 446 g/mol. The number of rotatable bonds is 5. The van der Waals surface area contributed by atoms with Crippen molar-refractivity contribution in [2.45, 2.75) is 25.9 Å². The van der Waals surface area contributed by atoms with E-state index in [9.17, 15) is 9.59 Å². The quantitative estimate of drug-likeness (QED) is 0.602. The fourth-order valence-electron chi connectivity index (χ4n) is 4.47. The second-order valence-electron chi connectivity index (χ2n) is 8.33. The number of nitrogens with zero attached hydrogens (tertiary/aromatic N) is 5. The lowest BCUT2D eigenvalue weighted by molar-refractivity contribution is 0.0296. The van der Waals surface area contributed by atoms with E-state index in [1.807, 2.05) is 28.9 Å². The average Bonchev–Trinajstić information content (AvgIpc) is 3.26. The molecule has 0 N–H and O–H groups in total. The maximum absolute atomic E-state index is 13.4. The third-order valence-corrected chi connectivity index (χ3v) is 6.26. The van der Waals surface area contributed by atoms with E-state index in [1.54, 1.807) is 28.1 Å². The molecule has 1 saturated heterocycles. The van der Waals surface area contributed by atoms with Gasteiger partial charge in [0.05, 0.1) is 19.8 Å². The van der Waals surface area contributed by atoms with Crippen LogP contribution in [0.15, 0.2) is 54.7 Å². The molecule has 0 saturated carbocycles. The van der Waals surface area contributed by atoms with Gasteiger partial charge < -0.3 is 14.5 Å². The summed E-state index contributed by atoms with van der Waals surface area (Å²) in [6.45, 7) is 3.81. The monoisotopic (exact) mass is 445 g/mol. The second-order valence-corrected chi connectivity index (χ2v) is 8.33. The van der Waals surface area contributed by atoms with Crippen molar-refractivity contribution in [2.75, 3.05) is 32.8 Å². The number of carbonyl (C=O) groups excluding carboxylic acids is 2. The Hall–Kier alpha value is -3.52. The normalized spacial score (nSPS) is 15.9. The van der Waals surface area contributed by atoms with E-state index in [0.717, 1.165) is 17.7 Å². The Bertz CT molecular complexity index is 1120. The second kappa shape index (κ2) is 9.54. The predicted molar refractivity (Wildman–Crippen MR) is 122 cm³/mol. The summed E-state index contributed by atoms with van der Waals surface area (Å²) in [4.78, 5) is 34.2. The first-order valence-corrected chi connectivity index (χ1v) is 11.4. The van der Waals surface area contributed by atoms with E-state index in [-0.39, 0.29) is 11.8 Å². The first kappa shape index (κ1) is 21.3. The highest BCUT2D eigenvalue weighted by Gasteiger charge is 2.32. The van der Waals surface area contributed by atoms with Gasteiger partial charge in [0.15, 0.2) is 5.69 Å². The molecule has 3 aromatic rings. The number of aryl methyl sites for hydroxylation is 2. The highest BCUT2D eigenvalue weighted by atomic mass is 16.5. The lowest BCUT2D eigenvalue weighted by Gasteiger charge is -2.29. The molecule has 1 aromatic carbocycles.